The van der Waals surface area contributed by atoms with E-state index < -0.39 is 0 Å². The predicted octanol–water partition coefficient (Wildman–Crippen LogP) is 3.81. The molecule has 26 heavy (non-hydrogen) atoms. The maximum Gasteiger partial charge on any atom is 0.135 e. The minimum atomic E-state index is -0.125. The highest BCUT2D eigenvalue weighted by Crippen LogP contribution is 2.67. The first-order valence-electron chi connectivity index (χ1n) is 11.0. The molecule has 1 saturated heterocycles. The molecular formula is C23H35NO2. The van der Waals surface area contributed by atoms with Gasteiger partial charge in [0, 0.05) is 25.0 Å². The van der Waals surface area contributed by atoms with Crippen LogP contribution in [0.4, 0.5) is 0 Å². The summed E-state index contributed by atoms with van der Waals surface area (Å²) in [6, 6.07) is 0.507. The molecule has 1 aliphatic heterocycles. The Labute approximate surface area is 158 Å². The molecule has 4 aliphatic carbocycles. The molecule has 0 unspecified atom stereocenters. The van der Waals surface area contributed by atoms with Crippen LogP contribution in [0.15, 0.2) is 11.6 Å². The number of Topliss-reactive ketones (excluding diaryl/α,β-unsaturated/α-hetero) is 1. The Morgan fingerprint density at radius 1 is 1.19 bits per heavy atom. The second kappa shape index (κ2) is 5.67. The zero-order valence-electron chi connectivity index (χ0n) is 16.7. The molecule has 8 atom stereocenters. The topological polar surface area (TPSA) is 40.3 Å². The molecule has 3 nitrogen and oxygen atoms in total. The standard InChI is InChI=1S/C23H35NO2/c1-14(25)21-20(24-10-11-24)13-19-17-5-4-15-12-16(26)6-8-22(15,2)18(17)7-9-23(19,21)3/h4,16-21,26H,5-13H2,1-3H3/t16-,17+,18-,19-,20+,21-,22-,23-/m0/s1. The maximum absolute atomic E-state index is 12.7. The summed E-state index contributed by atoms with van der Waals surface area (Å²) in [6.07, 6.45) is 10.3. The Morgan fingerprint density at radius 2 is 1.96 bits per heavy atom. The Hall–Kier alpha value is -0.670. The van der Waals surface area contributed by atoms with E-state index in [9.17, 15) is 9.90 Å². The molecule has 3 heteroatoms. The molecule has 0 aromatic heterocycles. The molecule has 0 spiro atoms. The minimum absolute atomic E-state index is 0.125. The van der Waals surface area contributed by atoms with Gasteiger partial charge in [-0.25, -0.2) is 0 Å². The summed E-state index contributed by atoms with van der Waals surface area (Å²) < 4.78 is 0. The molecule has 1 N–H and O–H groups in total. The molecule has 0 aromatic rings. The monoisotopic (exact) mass is 357 g/mol. The number of allylic oxidation sites excluding steroid dienone is 1. The summed E-state index contributed by atoms with van der Waals surface area (Å²) in [5.74, 6) is 2.88. The van der Waals surface area contributed by atoms with E-state index in [1.54, 1.807) is 5.57 Å². The lowest BCUT2D eigenvalue weighted by Crippen LogP contribution is -2.51. The third kappa shape index (κ3) is 2.29. The van der Waals surface area contributed by atoms with Crippen LogP contribution in [0.2, 0.25) is 0 Å². The summed E-state index contributed by atoms with van der Waals surface area (Å²) >= 11 is 0. The molecule has 0 bridgehead atoms. The first-order valence-corrected chi connectivity index (χ1v) is 11.0. The quantitative estimate of drug-likeness (QED) is 0.603. The van der Waals surface area contributed by atoms with Gasteiger partial charge in [-0.15, -0.1) is 0 Å². The van der Waals surface area contributed by atoms with E-state index in [1.807, 2.05) is 6.92 Å². The zero-order chi connectivity index (χ0) is 18.3. The van der Waals surface area contributed by atoms with E-state index in [1.165, 1.54) is 38.8 Å². The van der Waals surface area contributed by atoms with Crippen molar-refractivity contribution in [3.63, 3.8) is 0 Å². The maximum atomic E-state index is 12.7. The molecule has 144 valence electrons. The van der Waals surface area contributed by atoms with Crippen molar-refractivity contribution in [2.24, 2.45) is 34.5 Å². The third-order valence-corrected chi connectivity index (χ3v) is 9.49. The van der Waals surface area contributed by atoms with Crippen LogP contribution in [-0.4, -0.2) is 41.0 Å². The number of hydrogen-bond acceptors (Lipinski definition) is 3. The van der Waals surface area contributed by atoms with Gasteiger partial charge in [0.15, 0.2) is 0 Å². The molecule has 0 amide bonds. The molecule has 3 saturated carbocycles. The highest BCUT2D eigenvalue weighted by molar-refractivity contribution is 5.80. The summed E-state index contributed by atoms with van der Waals surface area (Å²) in [6.45, 7) is 9.19. The third-order valence-electron chi connectivity index (χ3n) is 9.49. The van der Waals surface area contributed by atoms with Crippen molar-refractivity contribution < 1.29 is 9.90 Å². The van der Waals surface area contributed by atoms with Crippen molar-refractivity contribution in [3.05, 3.63) is 11.6 Å². The summed E-state index contributed by atoms with van der Waals surface area (Å²) in [4.78, 5) is 15.2. The van der Waals surface area contributed by atoms with E-state index in [0.717, 1.165) is 31.1 Å². The highest BCUT2D eigenvalue weighted by atomic mass is 16.3. The van der Waals surface area contributed by atoms with Crippen molar-refractivity contribution in [1.29, 1.82) is 0 Å². The number of carbonyl (C=O) groups is 1. The van der Waals surface area contributed by atoms with E-state index in [2.05, 4.69) is 24.8 Å². The molecule has 0 radical (unpaired) electrons. The molecule has 1 heterocycles. The van der Waals surface area contributed by atoms with E-state index in [4.69, 9.17) is 0 Å². The summed E-state index contributed by atoms with van der Waals surface area (Å²) in [5.41, 5.74) is 2.05. The molecular weight excluding hydrogens is 322 g/mol. The van der Waals surface area contributed by atoms with Gasteiger partial charge in [-0.3, -0.25) is 9.69 Å². The van der Waals surface area contributed by atoms with Gasteiger partial charge in [0.25, 0.3) is 0 Å². The molecule has 5 aliphatic rings. The van der Waals surface area contributed by atoms with Crippen LogP contribution in [0.1, 0.15) is 65.7 Å². The van der Waals surface area contributed by atoms with Gasteiger partial charge in [0.05, 0.1) is 6.10 Å². The van der Waals surface area contributed by atoms with Crippen molar-refractivity contribution in [3.8, 4) is 0 Å². The van der Waals surface area contributed by atoms with Gasteiger partial charge >= 0.3 is 0 Å². The fraction of sp³-hybridized carbons (Fsp3) is 0.870. The average molecular weight is 358 g/mol. The number of aliphatic hydroxyl groups excluding tert-OH is 1. The van der Waals surface area contributed by atoms with Crippen LogP contribution in [-0.2, 0) is 4.79 Å². The molecule has 5 rings (SSSR count). The van der Waals surface area contributed by atoms with Crippen LogP contribution in [0.25, 0.3) is 0 Å². The van der Waals surface area contributed by atoms with Crippen molar-refractivity contribution >= 4 is 5.78 Å². The van der Waals surface area contributed by atoms with Gasteiger partial charge in [-0.2, -0.15) is 0 Å². The zero-order valence-corrected chi connectivity index (χ0v) is 16.7. The Bertz CT molecular complexity index is 653. The average Bonchev–Trinajstić information content (AvgIpc) is 3.37. The van der Waals surface area contributed by atoms with Crippen LogP contribution < -0.4 is 0 Å². The van der Waals surface area contributed by atoms with Gasteiger partial charge in [0.2, 0.25) is 0 Å². The fourth-order valence-electron chi connectivity index (χ4n) is 8.14. The van der Waals surface area contributed by atoms with Crippen molar-refractivity contribution in [2.75, 3.05) is 13.1 Å². The first kappa shape index (κ1) is 17.4. The number of aliphatic hydroxyl groups is 1. The largest absolute Gasteiger partial charge is 0.393 e. The second-order valence-electron chi connectivity index (χ2n) is 10.6. The number of nitrogens with zero attached hydrogens (tertiary/aromatic N) is 1. The molecule has 0 aromatic carbocycles. The van der Waals surface area contributed by atoms with Crippen LogP contribution in [0.3, 0.4) is 0 Å². The smallest absolute Gasteiger partial charge is 0.135 e. The number of fused-ring (bicyclic) bond motifs is 5. The summed E-state index contributed by atoms with van der Waals surface area (Å²) in [7, 11) is 0. The molecule has 4 fully saturated rings. The van der Waals surface area contributed by atoms with Gasteiger partial charge in [-0.05, 0) is 80.5 Å². The van der Waals surface area contributed by atoms with E-state index in [0.29, 0.717) is 23.2 Å². The van der Waals surface area contributed by atoms with Gasteiger partial charge in [0.1, 0.15) is 5.78 Å². The number of ketones is 1. The first-order chi connectivity index (χ1) is 12.3. The van der Waals surface area contributed by atoms with Crippen molar-refractivity contribution in [1.82, 2.24) is 4.90 Å². The predicted molar refractivity (Wildman–Crippen MR) is 103 cm³/mol. The van der Waals surface area contributed by atoms with Gasteiger partial charge in [-0.1, -0.05) is 25.5 Å². The Kier molecular flexibility index (Phi) is 3.80. The highest BCUT2D eigenvalue weighted by Gasteiger charge is 2.63. The Morgan fingerprint density at radius 3 is 2.65 bits per heavy atom. The lowest BCUT2D eigenvalue weighted by Gasteiger charge is -2.57. The summed E-state index contributed by atoms with van der Waals surface area (Å²) in [5, 5.41) is 10.2. The van der Waals surface area contributed by atoms with Gasteiger partial charge < -0.3 is 5.11 Å². The van der Waals surface area contributed by atoms with Crippen LogP contribution in [0, 0.1) is 34.5 Å². The van der Waals surface area contributed by atoms with Crippen LogP contribution in [0.5, 0.6) is 0 Å². The SMILES string of the molecule is CC(=O)[C@H]1[C@H](N2CC2)C[C@H]2[C@@H]3CC=C4C[C@@H](O)CC[C@]4(C)[C@H]3CC[C@@]21C. The Balaban J connectivity index is 1.50. The lowest BCUT2D eigenvalue weighted by atomic mass is 9.47. The van der Waals surface area contributed by atoms with Crippen molar-refractivity contribution in [2.45, 2.75) is 77.9 Å². The second-order valence-corrected chi connectivity index (χ2v) is 10.6. The van der Waals surface area contributed by atoms with E-state index in [-0.39, 0.29) is 17.4 Å². The minimum Gasteiger partial charge on any atom is -0.393 e. The van der Waals surface area contributed by atoms with E-state index >= 15 is 0 Å². The normalized spacial score (nSPS) is 53.3. The van der Waals surface area contributed by atoms with Crippen LogP contribution >= 0.6 is 0 Å². The number of hydrogen-bond donors (Lipinski definition) is 1. The fourth-order valence-corrected chi connectivity index (χ4v) is 8.14. The number of rotatable bonds is 2. The number of carbonyl (C=O) groups excluding carboxylic acids is 1. The lowest BCUT2D eigenvalue weighted by molar-refractivity contribution is -0.128.